The van der Waals surface area contributed by atoms with Crippen molar-refractivity contribution in [2.45, 2.75) is 18.9 Å². The van der Waals surface area contributed by atoms with Crippen LogP contribution in [0.5, 0.6) is 11.5 Å². The Morgan fingerprint density at radius 2 is 1.85 bits per heavy atom. The lowest BCUT2D eigenvalue weighted by molar-refractivity contribution is 0.100. The van der Waals surface area contributed by atoms with Gasteiger partial charge in [0.15, 0.2) is 5.96 Å². The third-order valence-electron chi connectivity index (χ3n) is 4.34. The van der Waals surface area contributed by atoms with Crippen LogP contribution in [0, 0.1) is 0 Å². The minimum Gasteiger partial charge on any atom is -0.456 e. The maximum Gasteiger partial charge on any atom is 0.280 e. The molecule has 1 amide bonds. The molecule has 0 aromatic heterocycles. The number of aliphatic imine (C=N–C) groups is 1. The molecule has 1 heterocycles. The number of carbonyl (C=O) groups is 1. The molecular formula is C19H22ClN5O2. The molecule has 0 unspecified atom stereocenters. The van der Waals surface area contributed by atoms with Gasteiger partial charge in [-0.2, -0.15) is 4.99 Å². The predicted molar refractivity (Wildman–Crippen MR) is 108 cm³/mol. The smallest absolute Gasteiger partial charge is 0.280 e. The van der Waals surface area contributed by atoms with Crippen LogP contribution in [0.4, 0.5) is 5.69 Å². The van der Waals surface area contributed by atoms with E-state index < -0.39 is 5.91 Å². The third kappa shape index (κ3) is 4.90. The second-order valence-electron chi connectivity index (χ2n) is 6.41. The molecule has 0 saturated carbocycles. The molecule has 1 saturated heterocycles. The fraction of sp³-hybridized carbons (Fsp3) is 0.263. The van der Waals surface area contributed by atoms with Gasteiger partial charge < -0.3 is 26.8 Å². The number of halogens is 1. The van der Waals surface area contributed by atoms with E-state index in [9.17, 15) is 4.79 Å². The lowest BCUT2D eigenvalue weighted by atomic mass is 10.0. The molecule has 0 radical (unpaired) electrons. The monoisotopic (exact) mass is 387 g/mol. The molecule has 142 valence electrons. The van der Waals surface area contributed by atoms with Crippen LogP contribution >= 0.6 is 11.6 Å². The number of benzene rings is 2. The van der Waals surface area contributed by atoms with E-state index in [1.54, 1.807) is 24.3 Å². The molecule has 2 aromatic carbocycles. The molecule has 8 heteroatoms. The number of hydrogen-bond donors (Lipinski definition) is 3. The van der Waals surface area contributed by atoms with E-state index in [1.807, 2.05) is 18.2 Å². The molecule has 1 aliphatic rings. The largest absolute Gasteiger partial charge is 0.456 e. The number of piperidine rings is 1. The summed E-state index contributed by atoms with van der Waals surface area (Å²) < 4.78 is 5.91. The first kappa shape index (κ1) is 19.0. The van der Waals surface area contributed by atoms with Gasteiger partial charge in [-0.1, -0.05) is 23.7 Å². The number of guanidine groups is 1. The first-order valence-corrected chi connectivity index (χ1v) is 9.02. The fourth-order valence-electron chi connectivity index (χ4n) is 2.94. The summed E-state index contributed by atoms with van der Waals surface area (Å²) in [5, 5.41) is 0.476. The molecule has 0 aliphatic carbocycles. The highest BCUT2D eigenvalue weighted by Crippen LogP contribution is 2.33. The van der Waals surface area contributed by atoms with Crippen LogP contribution in [0.1, 0.15) is 23.2 Å². The fourth-order valence-corrected chi connectivity index (χ4v) is 3.12. The molecule has 27 heavy (non-hydrogen) atoms. The summed E-state index contributed by atoms with van der Waals surface area (Å²) in [6.45, 7) is 1.60. The Balaban J connectivity index is 1.96. The summed E-state index contributed by atoms with van der Waals surface area (Å²) in [6.07, 6.45) is 1.76. The number of nitrogens with zero attached hydrogens (tertiary/aromatic N) is 2. The van der Waals surface area contributed by atoms with E-state index in [0.29, 0.717) is 22.1 Å². The van der Waals surface area contributed by atoms with Gasteiger partial charge in [0.25, 0.3) is 5.91 Å². The molecule has 1 aliphatic heterocycles. The second-order valence-corrected chi connectivity index (χ2v) is 6.82. The van der Waals surface area contributed by atoms with Gasteiger partial charge in [0.05, 0.1) is 5.02 Å². The molecule has 6 N–H and O–H groups in total. The van der Waals surface area contributed by atoms with Gasteiger partial charge in [-0.15, -0.1) is 0 Å². The van der Waals surface area contributed by atoms with E-state index in [-0.39, 0.29) is 12.0 Å². The first-order valence-electron chi connectivity index (χ1n) is 8.64. The van der Waals surface area contributed by atoms with E-state index in [4.69, 9.17) is 33.5 Å². The maximum atomic E-state index is 12.3. The zero-order valence-electron chi connectivity index (χ0n) is 14.8. The van der Waals surface area contributed by atoms with Crippen molar-refractivity contribution in [1.82, 2.24) is 0 Å². The molecule has 0 bridgehead atoms. The van der Waals surface area contributed by atoms with Crippen molar-refractivity contribution in [2.75, 3.05) is 18.0 Å². The van der Waals surface area contributed by atoms with E-state index in [0.717, 1.165) is 31.6 Å². The van der Waals surface area contributed by atoms with E-state index in [2.05, 4.69) is 9.89 Å². The van der Waals surface area contributed by atoms with Crippen LogP contribution in [0.15, 0.2) is 47.5 Å². The molecule has 7 nitrogen and oxygen atoms in total. The summed E-state index contributed by atoms with van der Waals surface area (Å²) in [5.41, 5.74) is 17.9. The van der Waals surface area contributed by atoms with Crippen molar-refractivity contribution in [1.29, 1.82) is 0 Å². The van der Waals surface area contributed by atoms with Crippen LogP contribution in [-0.4, -0.2) is 31.0 Å². The molecule has 0 atom stereocenters. The van der Waals surface area contributed by atoms with Crippen LogP contribution in [0.3, 0.4) is 0 Å². The van der Waals surface area contributed by atoms with Crippen molar-refractivity contribution in [3.05, 3.63) is 53.1 Å². The van der Waals surface area contributed by atoms with Gasteiger partial charge >= 0.3 is 0 Å². The average molecular weight is 388 g/mol. The van der Waals surface area contributed by atoms with Gasteiger partial charge in [0.1, 0.15) is 11.5 Å². The van der Waals surface area contributed by atoms with E-state index >= 15 is 0 Å². The SMILES string of the molecule is NC(N)=NC(=O)c1cc(Oc2ccccc2Cl)cc(N2CCC(N)CC2)c1. The van der Waals surface area contributed by atoms with Crippen LogP contribution in [0.25, 0.3) is 0 Å². The van der Waals surface area contributed by atoms with Crippen molar-refractivity contribution in [3.8, 4) is 11.5 Å². The number of carbonyl (C=O) groups excluding carboxylic acids is 1. The number of nitrogens with two attached hydrogens (primary N) is 3. The molecule has 2 aromatic rings. The summed E-state index contributed by atoms with van der Waals surface area (Å²) in [7, 11) is 0. The van der Waals surface area contributed by atoms with Gasteiger partial charge in [0.2, 0.25) is 0 Å². The lowest BCUT2D eigenvalue weighted by Crippen LogP contribution is -2.39. The number of amides is 1. The Hall–Kier alpha value is -2.77. The summed E-state index contributed by atoms with van der Waals surface area (Å²) >= 11 is 6.18. The number of anilines is 1. The third-order valence-corrected chi connectivity index (χ3v) is 4.65. The standard InChI is InChI=1S/C19H22ClN5O2/c20-16-3-1-2-4-17(16)27-15-10-12(18(26)24-19(22)23)9-14(11-15)25-7-5-13(21)6-8-25/h1-4,9-11,13H,5-8,21H2,(H4,22,23,24,26). The zero-order chi connectivity index (χ0) is 19.4. The van der Waals surface area contributed by atoms with Crippen LogP contribution < -0.4 is 26.8 Å². The summed E-state index contributed by atoms with van der Waals surface area (Å²) in [5.74, 6) is 0.152. The predicted octanol–water partition coefficient (Wildman–Crippen LogP) is 2.47. The minimum absolute atomic E-state index is 0.201. The van der Waals surface area contributed by atoms with Gasteiger partial charge in [-0.25, -0.2) is 0 Å². The van der Waals surface area contributed by atoms with Crippen LogP contribution in [-0.2, 0) is 0 Å². The normalized spacial score (nSPS) is 14.7. The van der Waals surface area contributed by atoms with Crippen molar-refractivity contribution < 1.29 is 9.53 Å². The number of ether oxygens (including phenoxy) is 1. The average Bonchev–Trinajstić information content (AvgIpc) is 2.63. The minimum atomic E-state index is -0.533. The molecule has 0 spiro atoms. The summed E-state index contributed by atoms with van der Waals surface area (Å²) in [4.78, 5) is 18.1. The Labute approximate surface area is 162 Å². The number of para-hydroxylation sites is 1. The van der Waals surface area contributed by atoms with Crippen molar-refractivity contribution in [2.24, 2.45) is 22.2 Å². The zero-order valence-corrected chi connectivity index (χ0v) is 15.5. The number of hydrogen-bond acceptors (Lipinski definition) is 4. The van der Waals surface area contributed by atoms with Gasteiger partial charge in [-0.05, 0) is 37.1 Å². The Kier molecular flexibility index (Phi) is 5.83. The molecular weight excluding hydrogens is 366 g/mol. The highest BCUT2D eigenvalue weighted by molar-refractivity contribution is 6.32. The molecule has 3 rings (SSSR count). The van der Waals surface area contributed by atoms with Gasteiger partial charge in [-0.3, -0.25) is 4.79 Å². The van der Waals surface area contributed by atoms with Crippen molar-refractivity contribution >= 4 is 29.2 Å². The molecule has 1 fully saturated rings. The maximum absolute atomic E-state index is 12.3. The lowest BCUT2D eigenvalue weighted by Gasteiger charge is -2.32. The van der Waals surface area contributed by atoms with Crippen molar-refractivity contribution in [3.63, 3.8) is 0 Å². The highest BCUT2D eigenvalue weighted by atomic mass is 35.5. The Morgan fingerprint density at radius 1 is 1.15 bits per heavy atom. The van der Waals surface area contributed by atoms with Crippen LogP contribution in [0.2, 0.25) is 5.02 Å². The Morgan fingerprint density at radius 3 is 2.52 bits per heavy atom. The highest BCUT2D eigenvalue weighted by Gasteiger charge is 2.19. The van der Waals surface area contributed by atoms with E-state index in [1.165, 1.54) is 0 Å². The van der Waals surface area contributed by atoms with Gasteiger partial charge in [0, 0.05) is 36.4 Å². The quantitative estimate of drug-likeness (QED) is 0.547. The summed E-state index contributed by atoms with van der Waals surface area (Å²) in [6, 6.07) is 12.5. The topological polar surface area (TPSA) is 120 Å². The number of rotatable bonds is 4. The Bertz CT molecular complexity index is 859. The first-order chi connectivity index (χ1) is 12.9. The second kappa shape index (κ2) is 8.28.